The third-order valence-corrected chi connectivity index (χ3v) is 7.06. The van der Waals surface area contributed by atoms with Crippen molar-refractivity contribution in [3.8, 4) is 0 Å². The number of aryl methyl sites for hydroxylation is 2. The van der Waals surface area contributed by atoms with Crippen LogP contribution in [0.1, 0.15) is 36.3 Å². The number of furan rings is 1. The lowest BCUT2D eigenvalue weighted by Gasteiger charge is -2.26. The van der Waals surface area contributed by atoms with E-state index in [1.54, 1.807) is 18.2 Å². The first-order chi connectivity index (χ1) is 13.8. The van der Waals surface area contributed by atoms with Crippen molar-refractivity contribution >= 4 is 21.6 Å². The van der Waals surface area contributed by atoms with E-state index in [0.29, 0.717) is 25.3 Å². The maximum absolute atomic E-state index is 12.9. The monoisotopic (exact) mass is 420 g/mol. The van der Waals surface area contributed by atoms with E-state index in [-0.39, 0.29) is 17.3 Å². The summed E-state index contributed by atoms with van der Waals surface area (Å²) in [5.74, 6) is 1.51. The molecule has 1 aliphatic rings. The Labute approximate surface area is 172 Å². The minimum atomic E-state index is -3.53. The van der Waals surface area contributed by atoms with Crippen LogP contribution in [0.25, 0.3) is 0 Å². The Hall–Kier alpha value is -2.16. The molecule has 2 aromatic rings. The molecule has 158 valence electrons. The molecule has 1 aliphatic heterocycles. The van der Waals surface area contributed by atoms with Crippen molar-refractivity contribution in [3.05, 3.63) is 47.4 Å². The molecule has 1 saturated heterocycles. The van der Waals surface area contributed by atoms with Gasteiger partial charge in [-0.1, -0.05) is 12.5 Å². The Morgan fingerprint density at radius 2 is 1.86 bits per heavy atom. The van der Waals surface area contributed by atoms with E-state index in [1.165, 1.54) is 4.31 Å². The lowest BCUT2D eigenvalue weighted by molar-refractivity contribution is -0.886. The van der Waals surface area contributed by atoms with Gasteiger partial charge < -0.3 is 14.6 Å². The van der Waals surface area contributed by atoms with Gasteiger partial charge in [-0.15, -0.1) is 0 Å². The van der Waals surface area contributed by atoms with Crippen LogP contribution < -0.4 is 10.2 Å². The summed E-state index contributed by atoms with van der Waals surface area (Å²) in [5, 5.41) is 2.87. The van der Waals surface area contributed by atoms with Gasteiger partial charge in [0.25, 0.3) is 5.91 Å². The van der Waals surface area contributed by atoms with Crippen LogP contribution in [0.3, 0.4) is 0 Å². The fraction of sp³-hybridized carbons (Fsp3) is 0.476. The summed E-state index contributed by atoms with van der Waals surface area (Å²) in [6.45, 7) is 5.71. The van der Waals surface area contributed by atoms with Crippen molar-refractivity contribution in [2.24, 2.45) is 0 Å². The van der Waals surface area contributed by atoms with E-state index in [4.69, 9.17) is 4.42 Å². The first-order valence-corrected chi connectivity index (χ1v) is 11.5. The van der Waals surface area contributed by atoms with Gasteiger partial charge in [0.05, 0.1) is 11.9 Å². The van der Waals surface area contributed by atoms with Gasteiger partial charge in [0, 0.05) is 18.8 Å². The van der Waals surface area contributed by atoms with Crippen LogP contribution in [0.4, 0.5) is 5.69 Å². The molecule has 8 heteroatoms. The number of nitrogens with zero attached hydrogens (tertiary/aromatic N) is 1. The SMILES string of the molecule is Cc1ccc(C[NH+](C)CC(=O)Nc2cc(S(=O)(=O)N3CCCCC3)ccc2C)o1. The lowest BCUT2D eigenvalue weighted by Crippen LogP contribution is -3.08. The highest BCUT2D eigenvalue weighted by Gasteiger charge is 2.26. The second-order valence-corrected chi connectivity index (χ2v) is 9.75. The van der Waals surface area contributed by atoms with Crippen LogP contribution in [-0.2, 0) is 21.4 Å². The molecule has 3 rings (SSSR count). The molecule has 1 fully saturated rings. The zero-order valence-electron chi connectivity index (χ0n) is 17.3. The molecule has 0 aliphatic carbocycles. The fourth-order valence-corrected chi connectivity index (χ4v) is 5.10. The van der Waals surface area contributed by atoms with E-state index < -0.39 is 10.0 Å². The standard InChI is InChI=1S/C21H29N3O4S/c1-16-7-10-19(29(26,27)24-11-5-4-6-12-24)13-20(16)22-21(25)15-23(3)14-18-9-8-17(2)28-18/h7-10,13H,4-6,11-12,14-15H2,1-3H3,(H,22,25)/p+1. The zero-order chi connectivity index (χ0) is 21.0. The first kappa shape index (κ1) is 21.5. The molecule has 1 aromatic carbocycles. The maximum Gasteiger partial charge on any atom is 0.279 e. The normalized spacial score (nSPS) is 16.5. The number of carbonyl (C=O) groups is 1. The van der Waals surface area contributed by atoms with Gasteiger partial charge in [0.15, 0.2) is 12.3 Å². The van der Waals surface area contributed by atoms with Crippen molar-refractivity contribution in [3.63, 3.8) is 0 Å². The molecule has 1 aromatic heterocycles. The Kier molecular flexibility index (Phi) is 6.77. The number of rotatable bonds is 7. The highest BCUT2D eigenvalue weighted by atomic mass is 32.2. The molecule has 1 unspecified atom stereocenters. The van der Waals surface area contributed by atoms with E-state index >= 15 is 0 Å². The van der Waals surface area contributed by atoms with Gasteiger partial charge in [-0.3, -0.25) is 4.79 Å². The van der Waals surface area contributed by atoms with Crippen molar-refractivity contribution in [1.29, 1.82) is 0 Å². The van der Waals surface area contributed by atoms with Crippen LogP contribution in [0.5, 0.6) is 0 Å². The van der Waals surface area contributed by atoms with Crippen LogP contribution in [-0.4, -0.2) is 45.3 Å². The number of hydrogen-bond donors (Lipinski definition) is 2. The van der Waals surface area contributed by atoms with Crippen LogP contribution in [0, 0.1) is 13.8 Å². The number of benzene rings is 1. The van der Waals surface area contributed by atoms with Gasteiger partial charge in [-0.25, -0.2) is 8.42 Å². The number of carbonyl (C=O) groups excluding carboxylic acids is 1. The molecule has 29 heavy (non-hydrogen) atoms. The molecular formula is C21H30N3O4S+. The summed E-state index contributed by atoms with van der Waals surface area (Å²) in [4.78, 5) is 13.7. The fourth-order valence-electron chi connectivity index (χ4n) is 3.56. The number of amides is 1. The number of likely N-dealkylation sites (N-methyl/N-ethyl adjacent to an activating group) is 1. The molecule has 0 saturated carbocycles. The van der Waals surface area contributed by atoms with Crippen LogP contribution in [0.2, 0.25) is 0 Å². The second kappa shape index (κ2) is 9.11. The van der Waals surface area contributed by atoms with E-state index in [0.717, 1.165) is 41.2 Å². The van der Waals surface area contributed by atoms with Crippen molar-refractivity contribution < 1.29 is 22.5 Å². The lowest BCUT2D eigenvalue weighted by atomic mass is 10.2. The van der Waals surface area contributed by atoms with E-state index in [2.05, 4.69) is 5.32 Å². The molecule has 2 heterocycles. The summed E-state index contributed by atoms with van der Waals surface area (Å²) in [5.41, 5.74) is 1.37. The quantitative estimate of drug-likeness (QED) is 0.715. The average molecular weight is 421 g/mol. The van der Waals surface area contributed by atoms with Gasteiger partial charge >= 0.3 is 0 Å². The minimum absolute atomic E-state index is 0.165. The smallest absolute Gasteiger partial charge is 0.279 e. The molecule has 1 amide bonds. The Bertz CT molecular complexity index is 962. The third kappa shape index (κ3) is 5.46. The number of nitrogens with one attached hydrogen (secondary N) is 2. The summed E-state index contributed by atoms with van der Waals surface area (Å²) >= 11 is 0. The minimum Gasteiger partial charge on any atom is -0.460 e. The topological polar surface area (TPSA) is 84.1 Å². The van der Waals surface area contributed by atoms with Gasteiger partial charge in [0.2, 0.25) is 10.0 Å². The Morgan fingerprint density at radius 1 is 1.14 bits per heavy atom. The first-order valence-electron chi connectivity index (χ1n) is 10.0. The highest BCUT2D eigenvalue weighted by molar-refractivity contribution is 7.89. The van der Waals surface area contributed by atoms with Gasteiger partial charge in [0.1, 0.15) is 12.3 Å². The molecule has 2 N–H and O–H groups in total. The number of quaternary nitrogens is 1. The highest BCUT2D eigenvalue weighted by Crippen LogP contribution is 2.25. The second-order valence-electron chi connectivity index (χ2n) is 7.81. The van der Waals surface area contributed by atoms with Gasteiger partial charge in [-0.05, 0) is 56.5 Å². The third-order valence-electron chi connectivity index (χ3n) is 5.17. The number of sulfonamides is 1. The molecular weight excluding hydrogens is 390 g/mol. The van der Waals surface area contributed by atoms with Crippen molar-refractivity contribution in [2.75, 3.05) is 32.0 Å². The number of anilines is 1. The van der Waals surface area contributed by atoms with Crippen LogP contribution >= 0.6 is 0 Å². The maximum atomic E-state index is 12.9. The zero-order valence-corrected chi connectivity index (χ0v) is 18.1. The van der Waals surface area contributed by atoms with Crippen LogP contribution in [0.15, 0.2) is 39.6 Å². The molecule has 0 radical (unpaired) electrons. The molecule has 1 atom stereocenters. The van der Waals surface area contributed by atoms with Crippen molar-refractivity contribution in [1.82, 2.24) is 4.31 Å². The number of hydrogen-bond acceptors (Lipinski definition) is 4. The predicted octanol–water partition coefficient (Wildman–Crippen LogP) is 1.72. The summed E-state index contributed by atoms with van der Waals surface area (Å²) in [6, 6.07) is 8.75. The van der Waals surface area contributed by atoms with Crippen molar-refractivity contribution in [2.45, 2.75) is 44.6 Å². The summed E-state index contributed by atoms with van der Waals surface area (Å²) in [7, 11) is -1.62. The van der Waals surface area contributed by atoms with Gasteiger partial charge in [-0.2, -0.15) is 4.31 Å². The summed E-state index contributed by atoms with van der Waals surface area (Å²) in [6.07, 6.45) is 2.84. The predicted molar refractivity (Wildman–Crippen MR) is 111 cm³/mol. The largest absolute Gasteiger partial charge is 0.460 e. The summed E-state index contributed by atoms with van der Waals surface area (Å²) < 4.78 is 32.9. The van der Waals surface area contributed by atoms with E-state index in [1.807, 2.05) is 33.0 Å². The number of piperidine rings is 1. The average Bonchev–Trinajstić information content (AvgIpc) is 3.08. The molecule has 0 bridgehead atoms. The van der Waals surface area contributed by atoms with E-state index in [9.17, 15) is 13.2 Å². The Morgan fingerprint density at radius 3 is 2.52 bits per heavy atom. The molecule has 0 spiro atoms. The molecule has 7 nitrogen and oxygen atoms in total. The Balaban J connectivity index is 1.67.